The van der Waals surface area contributed by atoms with Crippen LogP contribution in [0.4, 0.5) is 0 Å². The van der Waals surface area contributed by atoms with Crippen molar-refractivity contribution in [1.82, 2.24) is 15.1 Å². The quantitative estimate of drug-likeness (QED) is 0.287. The SMILES string of the molecule is Cc1cc(C)c(S(=O)(=O)NC(Cc2c[nH]c3ccccc23)C(=O)NN)c(C)c1. The molecule has 5 N–H and O–H groups in total. The normalized spacial score (nSPS) is 12.9. The van der Waals surface area contributed by atoms with Gasteiger partial charge in [-0.3, -0.25) is 10.2 Å². The van der Waals surface area contributed by atoms with Gasteiger partial charge >= 0.3 is 0 Å². The fraction of sp³-hybridized carbons (Fsp3) is 0.250. The summed E-state index contributed by atoms with van der Waals surface area (Å²) < 4.78 is 28.7. The average molecular weight is 401 g/mol. The van der Waals surface area contributed by atoms with Gasteiger partial charge in [-0.2, -0.15) is 4.72 Å². The zero-order valence-corrected chi connectivity index (χ0v) is 16.9. The van der Waals surface area contributed by atoms with Crippen LogP contribution in [-0.4, -0.2) is 25.4 Å². The summed E-state index contributed by atoms with van der Waals surface area (Å²) in [6.07, 6.45) is 1.94. The van der Waals surface area contributed by atoms with E-state index in [2.05, 4.69) is 15.1 Å². The molecule has 1 aromatic heterocycles. The number of hydrazine groups is 1. The monoisotopic (exact) mass is 400 g/mol. The molecular weight excluding hydrogens is 376 g/mol. The molecule has 1 heterocycles. The number of aromatic amines is 1. The Morgan fingerprint density at radius 3 is 2.43 bits per heavy atom. The second-order valence-electron chi connectivity index (χ2n) is 6.97. The summed E-state index contributed by atoms with van der Waals surface area (Å²) in [5.74, 6) is 4.71. The first-order valence-corrected chi connectivity index (χ1v) is 10.4. The Bertz CT molecular complexity index is 1110. The summed E-state index contributed by atoms with van der Waals surface area (Å²) in [6.45, 7) is 5.39. The van der Waals surface area contributed by atoms with Crippen molar-refractivity contribution in [3.05, 3.63) is 64.8 Å². The summed E-state index contributed by atoms with van der Waals surface area (Å²) in [6, 6.07) is 10.2. The van der Waals surface area contributed by atoms with Gasteiger partial charge in [0, 0.05) is 17.1 Å². The van der Waals surface area contributed by atoms with E-state index >= 15 is 0 Å². The molecule has 0 aliphatic carbocycles. The Hall–Kier alpha value is -2.68. The summed E-state index contributed by atoms with van der Waals surface area (Å²) in [7, 11) is -3.93. The molecule has 1 atom stereocenters. The Morgan fingerprint density at radius 2 is 1.79 bits per heavy atom. The van der Waals surface area contributed by atoms with Crippen LogP contribution in [0.5, 0.6) is 0 Å². The van der Waals surface area contributed by atoms with Gasteiger partial charge in [-0.1, -0.05) is 35.9 Å². The Morgan fingerprint density at radius 1 is 1.14 bits per heavy atom. The highest BCUT2D eigenvalue weighted by Gasteiger charge is 2.28. The Balaban J connectivity index is 1.96. The van der Waals surface area contributed by atoms with Crippen molar-refractivity contribution in [3.63, 3.8) is 0 Å². The zero-order chi connectivity index (χ0) is 20.5. The van der Waals surface area contributed by atoms with E-state index in [-0.39, 0.29) is 11.3 Å². The minimum absolute atomic E-state index is 0.163. The van der Waals surface area contributed by atoms with Crippen LogP contribution in [0, 0.1) is 20.8 Å². The third-order valence-corrected chi connectivity index (χ3v) is 6.50. The minimum Gasteiger partial charge on any atom is -0.361 e. The van der Waals surface area contributed by atoms with Crippen molar-refractivity contribution in [2.75, 3.05) is 0 Å². The molecule has 0 saturated heterocycles. The van der Waals surface area contributed by atoms with Crippen LogP contribution in [0.25, 0.3) is 10.9 Å². The molecule has 1 unspecified atom stereocenters. The molecule has 8 heteroatoms. The standard InChI is InChI=1S/C20H24N4O3S/c1-12-8-13(2)19(14(3)9-12)28(26,27)24-18(20(25)23-21)10-15-11-22-17-7-5-4-6-16(15)17/h4-9,11,18,22,24H,10,21H2,1-3H3,(H,23,25). The number of aryl methyl sites for hydroxylation is 3. The van der Waals surface area contributed by atoms with Gasteiger partial charge in [0.1, 0.15) is 6.04 Å². The number of para-hydroxylation sites is 1. The number of carbonyl (C=O) groups excluding carboxylic acids is 1. The number of hydrogen-bond acceptors (Lipinski definition) is 4. The number of amides is 1. The lowest BCUT2D eigenvalue weighted by Gasteiger charge is -2.19. The lowest BCUT2D eigenvalue weighted by molar-refractivity contribution is -0.122. The number of H-pyrrole nitrogens is 1. The summed E-state index contributed by atoms with van der Waals surface area (Å²) >= 11 is 0. The molecule has 0 saturated carbocycles. The van der Waals surface area contributed by atoms with Crippen molar-refractivity contribution in [1.29, 1.82) is 0 Å². The number of fused-ring (bicyclic) bond motifs is 1. The predicted octanol–water partition coefficient (Wildman–Crippen LogP) is 1.97. The molecule has 3 aromatic rings. The second-order valence-corrected chi connectivity index (χ2v) is 8.62. The molecule has 148 valence electrons. The van der Waals surface area contributed by atoms with Crippen LogP contribution in [0.2, 0.25) is 0 Å². The zero-order valence-electron chi connectivity index (χ0n) is 16.0. The lowest BCUT2D eigenvalue weighted by atomic mass is 10.1. The van der Waals surface area contributed by atoms with Crippen LogP contribution in [0.1, 0.15) is 22.3 Å². The fourth-order valence-electron chi connectivity index (χ4n) is 3.65. The van der Waals surface area contributed by atoms with Gasteiger partial charge < -0.3 is 4.98 Å². The topological polar surface area (TPSA) is 117 Å². The second kappa shape index (κ2) is 7.75. The maximum atomic E-state index is 13.1. The molecule has 7 nitrogen and oxygen atoms in total. The number of nitrogens with two attached hydrogens (primary N) is 1. The molecule has 0 fully saturated rings. The predicted molar refractivity (Wildman–Crippen MR) is 109 cm³/mol. The van der Waals surface area contributed by atoms with Gasteiger partial charge in [0.25, 0.3) is 5.91 Å². The molecule has 2 aromatic carbocycles. The van der Waals surface area contributed by atoms with E-state index in [1.165, 1.54) is 0 Å². The van der Waals surface area contributed by atoms with E-state index < -0.39 is 22.0 Å². The summed E-state index contributed by atoms with van der Waals surface area (Å²) in [5.41, 5.74) is 6.03. The van der Waals surface area contributed by atoms with E-state index in [0.29, 0.717) is 11.1 Å². The molecule has 0 radical (unpaired) electrons. The average Bonchev–Trinajstić information content (AvgIpc) is 3.02. The number of aromatic nitrogens is 1. The van der Waals surface area contributed by atoms with Crippen LogP contribution < -0.4 is 16.0 Å². The van der Waals surface area contributed by atoms with Gasteiger partial charge in [0.2, 0.25) is 10.0 Å². The molecule has 0 aliphatic rings. The van der Waals surface area contributed by atoms with Crippen LogP contribution in [-0.2, 0) is 21.2 Å². The molecule has 28 heavy (non-hydrogen) atoms. The fourth-order valence-corrected chi connectivity index (χ4v) is 5.29. The van der Waals surface area contributed by atoms with Crippen molar-refractivity contribution in [2.45, 2.75) is 38.1 Å². The van der Waals surface area contributed by atoms with Gasteiger partial charge in [-0.25, -0.2) is 14.3 Å². The van der Waals surface area contributed by atoms with E-state index in [1.807, 2.05) is 31.2 Å². The first-order chi connectivity index (χ1) is 13.2. The van der Waals surface area contributed by atoms with Crippen molar-refractivity contribution in [2.24, 2.45) is 5.84 Å². The van der Waals surface area contributed by atoms with Crippen LogP contribution in [0.3, 0.4) is 0 Å². The highest BCUT2D eigenvalue weighted by molar-refractivity contribution is 7.89. The van der Waals surface area contributed by atoms with Crippen LogP contribution >= 0.6 is 0 Å². The van der Waals surface area contributed by atoms with Crippen molar-refractivity contribution < 1.29 is 13.2 Å². The van der Waals surface area contributed by atoms with Crippen LogP contribution in [0.15, 0.2) is 47.5 Å². The van der Waals surface area contributed by atoms with E-state index in [4.69, 9.17) is 5.84 Å². The number of sulfonamides is 1. The van der Waals surface area contributed by atoms with Gasteiger partial charge in [0.05, 0.1) is 4.90 Å². The van der Waals surface area contributed by atoms with Gasteiger partial charge in [0.15, 0.2) is 0 Å². The maximum Gasteiger partial charge on any atom is 0.252 e. The molecule has 0 spiro atoms. The number of carbonyl (C=O) groups is 1. The van der Waals surface area contributed by atoms with Gasteiger partial charge in [-0.15, -0.1) is 0 Å². The van der Waals surface area contributed by atoms with Crippen molar-refractivity contribution >= 4 is 26.8 Å². The third-order valence-electron chi connectivity index (χ3n) is 4.73. The van der Waals surface area contributed by atoms with E-state index in [1.54, 1.807) is 32.2 Å². The highest BCUT2D eigenvalue weighted by Crippen LogP contribution is 2.23. The number of rotatable bonds is 6. The number of nitrogens with one attached hydrogen (secondary N) is 3. The minimum atomic E-state index is -3.93. The largest absolute Gasteiger partial charge is 0.361 e. The lowest BCUT2D eigenvalue weighted by Crippen LogP contribution is -2.50. The first kappa shape index (κ1) is 20.1. The van der Waals surface area contributed by atoms with Crippen molar-refractivity contribution in [3.8, 4) is 0 Å². The smallest absolute Gasteiger partial charge is 0.252 e. The van der Waals surface area contributed by atoms with Gasteiger partial charge in [-0.05, 0) is 49.9 Å². The molecule has 0 aliphatic heterocycles. The molecule has 3 rings (SSSR count). The summed E-state index contributed by atoms with van der Waals surface area (Å²) in [4.78, 5) is 15.7. The molecule has 1 amide bonds. The Kier molecular flexibility index (Phi) is 5.55. The first-order valence-electron chi connectivity index (χ1n) is 8.88. The molecular formula is C20H24N4O3S. The Labute approximate surface area is 164 Å². The molecule has 0 bridgehead atoms. The third kappa shape index (κ3) is 3.94. The number of benzene rings is 2. The summed E-state index contributed by atoms with van der Waals surface area (Å²) in [5, 5.41) is 0.930. The number of hydrogen-bond donors (Lipinski definition) is 4. The highest BCUT2D eigenvalue weighted by atomic mass is 32.2. The maximum absolute atomic E-state index is 13.1. The van der Waals surface area contributed by atoms with E-state index in [0.717, 1.165) is 22.0 Å². The van der Waals surface area contributed by atoms with E-state index in [9.17, 15) is 13.2 Å².